The van der Waals surface area contributed by atoms with Gasteiger partial charge in [-0.15, -0.1) is 0 Å². The van der Waals surface area contributed by atoms with Crippen LogP contribution in [0.5, 0.6) is 0 Å². The number of hydrogen-bond donors (Lipinski definition) is 1. The summed E-state index contributed by atoms with van der Waals surface area (Å²) in [5, 5.41) is 11.6. The van der Waals surface area contributed by atoms with E-state index in [1.54, 1.807) is 16.5 Å². The molecular weight excluding hydrogens is 358 g/mol. The Morgan fingerprint density at radius 2 is 2.04 bits per heavy atom. The summed E-state index contributed by atoms with van der Waals surface area (Å²) < 4.78 is 7.01. The Hall–Kier alpha value is -2.64. The predicted octanol–water partition coefficient (Wildman–Crippen LogP) is 2.15. The highest BCUT2D eigenvalue weighted by molar-refractivity contribution is 5.97. The molecule has 3 heterocycles. The highest BCUT2D eigenvalue weighted by Crippen LogP contribution is 2.26. The molecule has 1 N–H and O–H groups in total. The van der Waals surface area contributed by atoms with Gasteiger partial charge >= 0.3 is 0 Å². The number of carbonyl (C=O) groups excluding carboxylic acids is 2. The van der Waals surface area contributed by atoms with Crippen LogP contribution in [0.1, 0.15) is 76.2 Å². The van der Waals surface area contributed by atoms with Crippen LogP contribution in [0, 0.1) is 6.92 Å². The van der Waals surface area contributed by atoms with E-state index in [9.17, 15) is 9.59 Å². The van der Waals surface area contributed by atoms with Crippen LogP contribution in [-0.2, 0) is 26.4 Å². The molecule has 0 bridgehead atoms. The Morgan fingerprint density at radius 3 is 2.75 bits per heavy atom. The average molecular weight is 385 g/mol. The van der Waals surface area contributed by atoms with Crippen LogP contribution < -0.4 is 5.32 Å². The summed E-state index contributed by atoms with van der Waals surface area (Å²) in [7, 11) is 1.86. The van der Waals surface area contributed by atoms with Gasteiger partial charge in [0, 0.05) is 37.3 Å². The van der Waals surface area contributed by atoms with Crippen LogP contribution in [0.3, 0.4) is 0 Å². The maximum atomic E-state index is 13.1. The van der Waals surface area contributed by atoms with Crippen molar-refractivity contribution in [2.45, 2.75) is 65.0 Å². The fraction of sp³-hybridized carbons (Fsp3) is 0.600. The molecule has 2 amide bonds. The molecule has 1 fully saturated rings. The van der Waals surface area contributed by atoms with Crippen molar-refractivity contribution < 1.29 is 14.1 Å². The Morgan fingerprint density at radius 1 is 1.29 bits per heavy atom. The molecule has 1 aliphatic carbocycles. The van der Waals surface area contributed by atoms with Crippen molar-refractivity contribution in [1.29, 1.82) is 0 Å². The van der Waals surface area contributed by atoms with Crippen LogP contribution in [0.2, 0.25) is 0 Å². The molecule has 8 heteroatoms. The van der Waals surface area contributed by atoms with Gasteiger partial charge in [-0.3, -0.25) is 14.3 Å². The number of amides is 2. The second-order valence-electron chi connectivity index (χ2n) is 7.74. The number of fused-ring (bicyclic) bond motifs is 1. The van der Waals surface area contributed by atoms with Gasteiger partial charge < -0.3 is 14.7 Å². The molecule has 1 aliphatic heterocycles. The van der Waals surface area contributed by atoms with Gasteiger partial charge in [-0.05, 0) is 26.2 Å². The molecule has 8 nitrogen and oxygen atoms in total. The van der Waals surface area contributed by atoms with E-state index in [0.717, 1.165) is 36.9 Å². The molecule has 0 spiro atoms. The lowest BCUT2D eigenvalue weighted by molar-refractivity contribution is 0.0727. The highest BCUT2D eigenvalue weighted by Gasteiger charge is 2.32. The van der Waals surface area contributed by atoms with Crippen molar-refractivity contribution in [1.82, 2.24) is 25.2 Å². The Bertz CT molecular complexity index is 907. The van der Waals surface area contributed by atoms with Gasteiger partial charge in [0.05, 0.1) is 12.2 Å². The van der Waals surface area contributed by atoms with Crippen LogP contribution >= 0.6 is 0 Å². The first-order chi connectivity index (χ1) is 13.5. The van der Waals surface area contributed by atoms with Crippen LogP contribution in [0.25, 0.3) is 0 Å². The molecule has 150 valence electrons. The third kappa shape index (κ3) is 3.21. The molecule has 2 aliphatic rings. The van der Waals surface area contributed by atoms with Crippen molar-refractivity contribution in [3.8, 4) is 0 Å². The minimum Gasteiger partial charge on any atom is -0.361 e. The summed E-state index contributed by atoms with van der Waals surface area (Å²) in [6.45, 7) is 4.68. The number of rotatable bonds is 4. The summed E-state index contributed by atoms with van der Waals surface area (Å²) in [5.74, 6) is 0.318. The van der Waals surface area contributed by atoms with E-state index >= 15 is 0 Å². The van der Waals surface area contributed by atoms with Crippen molar-refractivity contribution >= 4 is 11.8 Å². The van der Waals surface area contributed by atoms with E-state index in [-0.39, 0.29) is 17.9 Å². The summed E-state index contributed by atoms with van der Waals surface area (Å²) in [4.78, 5) is 27.7. The molecule has 0 aromatic carbocycles. The van der Waals surface area contributed by atoms with Gasteiger partial charge in [-0.1, -0.05) is 24.9 Å². The lowest BCUT2D eigenvalue weighted by Crippen LogP contribution is -2.38. The lowest BCUT2D eigenvalue weighted by atomic mass is 10.0. The number of nitrogens with one attached hydrogen (secondary N) is 1. The molecule has 4 rings (SSSR count). The first-order valence-corrected chi connectivity index (χ1v) is 10.1. The molecule has 0 saturated heterocycles. The van der Waals surface area contributed by atoms with E-state index in [1.165, 1.54) is 0 Å². The van der Waals surface area contributed by atoms with Gasteiger partial charge in [0.2, 0.25) is 0 Å². The van der Waals surface area contributed by atoms with Crippen molar-refractivity contribution in [3.05, 3.63) is 34.0 Å². The molecule has 2 aromatic heterocycles. The predicted molar refractivity (Wildman–Crippen MR) is 102 cm³/mol. The zero-order valence-electron chi connectivity index (χ0n) is 16.7. The SMILES string of the molecule is CCc1noc(C)c1C(=O)N1CCc2c(c(C(=O)NC3CCCC3)nn2C)C1. The standard InChI is InChI=1S/C20H27N5O3/c1-4-15-17(12(2)28-23-15)20(27)25-10-9-16-14(11-25)18(22-24(16)3)19(26)21-13-7-5-6-8-13/h13H,4-11H2,1-3H3,(H,21,26). The lowest BCUT2D eigenvalue weighted by Gasteiger charge is -2.27. The smallest absolute Gasteiger partial charge is 0.272 e. The second kappa shape index (κ2) is 7.41. The monoisotopic (exact) mass is 385 g/mol. The van der Waals surface area contributed by atoms with E-state index in [2.05, 4.69) is 15.6 Å². The van der Waals surface area contributed by atoms with Gasteiger partial charge in [-0.25, -0.2) is 0 Å². The summed E-state index contributed by atoms with van der Waals surface area (Å²) in [6.07, 6.45) is 5.68. The molecule has 0 atom stereocenters. The molecule has 1 saturated carbocycles. The largest absolute Gasteiger partial charge is 0.361 e. The Labute approximate surface area is 164 Å². The number of nitrogens with zero attached hydrogens (tertiary/aromatic N) is 4. The fourth-order valence-electron chi connectivity index (χ4n) is 4.36. The van der Waals surface area contributed by atoms with Crippen molar-refractivity contribution in [2.75, 3.05) is 6.54 Å². The second-order valence-corrected chi connectivity index (χ2v) is 7.74. The van der Waals surface area contributed by atoms with Crippen molar-refractivity contribution in [3.63, 3.8) is 0 Å². The van der Waals surface area contributed by atoms with Crippen LogP contribution in [0.4, 0.5) is 0 Å². The average Bonchev–Trinajstić information content (AvgIpc) is 3.40. The molecular formula is C20H27N5O3. The molecule has 0 radical (unpaired) electrons. The minimum absolute atomic E-state index is 0.0905. The van der Waals surface area contributed by atoms with E-state index in [1.807, 2.05) is 14.0 Å². The number of hydrogen-bond acceptors (Lipinski definition) is 5. The third-order valence-corrected chi connectivity index (χ3v) is 5.92. The van der Waals surface area contributed by atoms with Gasteiger partial charge in [0.25, 0.3) is 11.8 Å². The summed E-state index contributed by atoms with van der Waals surface area (Å²) in [6, 6.07) is 0.234. The number of aromatic nitrogens is 3. The highest BCUT2D eigenvalue weighted by atomic mass is 16.5. The van der Waals surface area contributed by atoms with E-state index < -0.39 is 0 Å². The maximum Gasteiger partial charge on any atom is 0.272 e. The summed E-state index contributed by atoms with van der Waals surface area (Å²) >= 11 is 0. The fourth-order valence-corrected chi connectivity index (χ4v) is 4.36. The molecule has 2 aromatic rings. The molecule has 0 unspecified atom stereocenters. The van der Waals surface area contributed by atoms with Gasteiger partial charge in [-0.2, -0.15) is 5.10 Å². The minimum atomic E-state index is -0.131. The van der Waals surface area contributed by atoms with E-state index in [0.29, 0.717) is 48.6 Å². The zero-order valence-corrected chi connectivity index (χ0v) is 16.7. The first kappa shape index (κ1) is 18.7. The Kier molecular flexibility index (Phi) is 4.95. The van der Waals surface area contributed by atoms with Gasteiger partial charge in [0.15, 0.2) is 5.69 Å². The molecule has 28 heavy (non-hydrogen) atoms. The summed E-state index contributed by atoms with van der Waals surface area (Å²) in [5.41, 5.74) is 3.55. The quantitative estimate of drug-likeness (QED) is 0.870. The van der Waals surface area contributed by atoms with Crippen molar-refractivity contribution in [2.24, 2.45) is 7.05 Å². The maximum absolute atomic E-state index is 13.1. The normalized spacial score (nSPS) is 17.0. The van der Waals surface area contributed by atoms with Gasteiger partial charge in [0.1, 0.15) is 11.3 Å². The van der Waals surface area contributed by atoms with Crippen LogP contribution in [-0.4, -0.2) is 44.2 Å². The topological polar surface area (TPSA) is 93.3 Å². The Balaban J connectivity index is 1.58. The van der Waals surface area contributed by atoms with Crippen LogP contribution in [0.15, 0.2) is 4.52 Å². The third-order valence-electron chi connectivity index (χ3n) is 5.92. The first-order valence-electron chi connectivity index (χ1n) is 10.1. The number of aryl methyl sites for hydroxylation is 3. The number of carbonyl (C=O) groups is 2. The van der Waals surface area contributed by atoms with E-state index in [4.69, 9.17) is 4.52 Å². The zero-order chi connectivity index (χ0) is 19.8.